The number of aromatic nitrogens is 2. The molecule has 0 bridgehead atoms. The summed E-state index contributed by atoms with van der Waals surface area (Å²) in [6.45, 7) is -1.27. The van der Waals surface area contributed by atoms with Gasteiger partial charge in [-0.2, -0.15) is 0 Å². The molecule has 2 aromatic heterocycles. The van der Waals surface area contributed by atoms with Crippen LogP contribution in [0.4, 0.5) is 0 Å². The summed E-state index contributed by atoms with van der Waals surface area (Å²) < 4.78 is 7.79. The number of fused-ring (bicyclic) bond motifs is 1. The molecule has 4 nitrogen and oxygen atoms in total. The molecule has 0 radical (unpaired) electrons. The topological polar surface area (TPSA) is 43.6 Å². The van der Waals surface area contributed by atoms with Crippen LogP contribution in [0.2, 0.25) is 4.34 Å². The molecule has 3 aromatic carbocycles. The molecular weight excluding hydrogens is 471 g/mol. The molecule has 5 aromatic rings. The van der Waals surface area contributed by atoms with Gasteiger partial charge >= 0.3 is 201 Å². The molecule has 0 aliphatic heterocycles. The average molecular weight is 493 g/mol. The Morgan fingerprint density at radius 1 is 0.848 bits per heavy atom. The van der Waals surface area contributed by atoms with Gasteiger partial charge < -0.3 is 0 Å². The third-order valence-electron chi connectivity index (χ3n) is 6.38. The van der Waals surface area contributed by atoms with E-state index in [2.05, 4.69) is 43.1 Å². The van der Waals surface area contributed by atoms with Crippen molar-refractivity contribution in [2.24, 2.45) is 0 Å². The summed E-state index contributed by atoms with van der Waals surface area (Å²) in [5, 5.41) is 3.29. The zero-order valence-corrected chi connectivity index (χ0v) is 20.6. The maximum atomic E-state index is 13.6. The molecule has 0 unspecified atom stereocenters. The van der Waals surface area contributed by atoms with Crippen LogP contribution >= 0.6 is 29.5 Å². The standard InChI is InChI=1S/C26H22ClN2O2PS/c1-31-23-24(28-26-29(25(23)30)18-22(27)33-26)32(2,19-12-6-3-7-13-19,20-14-8-4-9-15-20)21-16-10-5-11-17-21/h3-18H,1-2H3. The van der Waals surface area contributed by atoms with Gasteiger partial charge in [0.25, 0.3) is 0 Å². The summed E-state index contributed by atoms with van der Waals surface area (Å²) in [6, 6.07) is 31.0. The molecule has 2 heterocycles. The number of hydrogen-bond donors (Lipinski definition) is 0. The number of hydrogen-bond acceptors (Lipinski definition) is 4. The number of halogens is 1. The molecule has 0 atom stereocenters. The minimum atomic E-state index is -3.52. The van der Waals surface area contributed by atoms with Crippen LogP contribution in [0.5, 0.6) is 5.75 Å². The van der Waals surface area contributed by atoms with Crippen molar-refractivity contribution in [1.82, 2.24) is 9.38 Å². The van der Waals surface area contributed by atoms with Crippen LogP contribution in [-0.4, -0.2) is 23.2 Å². The van der Waals surface area contributed by atoms with E-state index in [-0.39, 0.29) is 11.3 Å². The van der Waals surface area contributed by atoms with Crippen molar-refractivity contribution < 1.29 is 4.74 Å². The van der Waals surface area contributed by atoms with Gasteiger partial charge in [-0.3, -0.25) is 0 Å². The predicted octanol–water partition coefficient (Wildman–Crippen LogP) is 4.20. The Kier molecular flexibility index (Phi) is 5.37. The summed E-state index contributed by atoms with van der Waals surface area (Å²) in [5.74, 6) is 0.235. The first-order valence-corrected chi connectivity index (χ1v) is 14.3. The molecule has 166 valence electrons. The van der Waals surface area contributed by atoms with Gasteiger partial charge in [0.15, 0.2) is 0 Å². The Balaban J connectivity index is 2.09. The second-order valence-corrected chi connectivity index (χ2v) is 14.8. The molecule has 0 N–H and O–H groups in total. The fourth-order valence-corrected chi connectivity index (χ4v) is 11.2. The van der Waals surface area contributed by atoms with Gasteiger partial charge in [0.2, 0.25) is 0 Å². The average Bonchev–Trinajstić information content (AvgIpc) is 3.26. The van der Waals surface area contributed by atoms with Crippen molar-refractivity contribution >= 4 is 55.9 Å². The monoisotopic (exact) mass is 492 g/mol. The second kappa shape index (κ2) is 8.11. The predicted molar refractivity (Wildman–Crippen MR) is 142 cm³/mol. The second-order valence-electron chi connectivity index (χ2n) is 8.03. The van der Waals surface area contributed by atoms with Gasteiger partial charge in [-0.25, -0.2) is 0 Å². The SMILES string of the molecule is COc1c(P(C)(c2ccccc2)(c2ccccc2)c2ccccc2)nc2sc(Cl)cn2c1=O. The molecular formula is C26H22ClN2O2PS. The van der Waals surface area contributed by atoms with Crippen molar-refractivity contribution in [3.05, 3.63) is 112 Å². The van der Waals surface area contributed by atoms with E-state index in [4.69, 9.17) is 21.3 Å². The Labute approximate surface area is 201 Å². The van der Waals surface area contributed by atoms with Crippen LogP contribution in [0.15, 0.2) is 102 Å². The number of ether oxygens (including phenoxy) is 1. The molecule has 0 saturated heterocycles. The van der Waals surface area contributed by atoms with Crippen LogP contribution in [0.25, 0.3) is 4.96 Å². The third kappa shape index (κ3) is 3.07. The van der Waals surface area contributed by atoms with Crippen LogP contribution in [0.3, 0.4) is 0 Å². The van der Waals surface area contributed by atoms with Gasteiger partial charge in [-0.05, 0) is 0 Å². The van der Waals surface area contributed by atoms with Gasteiger partial charge in [-0.1, -0.05) is 0 Å². The van der Waals surface area contributed by atoms with Crippen molar-refractivity contribution in [3.8, 4) is 5.75 Å². The number of methoxy groups -OCH3 is 1. The van der Waals surface area contributed by atoms with Gasteiger partial charge in [0.1, 0.15) is 0 Å². The van der Waals surface area contributed by atoms with E-state index < -0.39 is 6.60 Å². The van der Waals surface area contributed by atoms with E-state index in [1.54, 1.807) is 6.20 Å². The summed E-state index contributed by atoms with van der Waals surface area (Å²) in [6.07, 6.45) is 1.60. The summed E-state index contributed by atoms with van der Waals surface area (Å²) in [4.78, 5) is 19.3. The van der Waals surface area contributed by atoms with Crippen LogP contribution in [-0.2, 0) is 0 Å². The first-order chi connectivity index (χ1) is 16.0. The summed E-state index contributed by atoms with van der Waals surface area (Å²) in [5.41, 5.74) is 0.384. The number of rotatable bonds is 5. The number of nitrogens with zero attached hydrogens (tertiary/aromatic N) is 2. The fourth-order valence-electron chi connectivity index (χ4n) is 4.66. The molecule has 0 amide bonds. The molecule has 0 fully saturated rings. The molecule has 5 rings (SSSR count). The molecule has 0 spiro atoms. The van der Waals surface area contributed by atoms with Crippen LogP contribution < -0.4 is 31.6 Å². The molecule has 0 saturated carbocycles. The zero-order chi connectivity index (χ0) is 23.1. The van der Waals surface area contributed by atoms with Crippen molar-refractivity contribution in [1.29, 1.82) is 0 Å². The van der Waals surface area contributed by atoms with Crippen LogP contribution in [0.1, 0.15) is 0 Å². The van der Waals surface area contributed by atoms with E-state index in [9.17, 15) is 4.79 Å². The number of thiazole rings is 1. The first-order valence-electron chi connectivity index (χ1n) is 10.4. The van der Waals surface area contributed by atoms with Gasteiger partial charge in [0, 0.05) is 0 Å². The number of benzene rings is 3. The Morgan fingerprint density at radius 2 is 1.30 bits per heavy atom. The quantitative estimate of drug-likeness (QED) is 0.345. The van der Waals surface area contributed by atoms with E-state index in [0.29, 0.717) is 14.7 Å². The van der Waals surface area contributed by atoms with E-state index in [0.717, 1.165) is 15.9 Å². The zero-order valence-electron chi connectivity index (χ0n) is 18.2. The maximum absolute atomic E-state index is 13.6. The summed E-state index contributed by atoms with van der Waals surface area (Å²) >= 11 is 7.57. The Hall–Kier alpha value is -2.98. The molecule has 7 heteroatoms. The molecule has 0 aliphatic carbocycles. The Morgan fingerprint density at radius 3 is 1.73 bits per heavy atom. The minimum absolute atomic E-state index is 0.235. The fraction of sp³-hybridized carbons (Fsp3) is 0.0769. The first kappa shape index (κ1) is 21.8. The summed E-state index contributed by atoms with van der Waals surface area (Å²) in [7, 11) is 1.53. The third-order valence-corrected chi connectivity index (χ3v) is 13.6. The Bertz CT molecular complexity index is 1400. The van der Waals surface area contributed by atoms with Crippen molar-refractivity contribution in [2.45, 2.75) is 0 Å². The molecule has 33 heavy (non-hydrogen) atoms. The van der Waals surface area contributed by atoms with Crippen LogP contribution in [0, 0.1) is 0 Å². The van der Waals surface area contributed by atoms with Crippen molar-refractivity contribution in [3.63, 3.8) is 0 Å². The van der Waals surface area contributed by atoms with E-state index in [1.807, 2.05) is 54.6 Å². The molecule has 0 aliphatic rings. The normalized spacial score (nSPS) is 12.9. The van der Waals surface area contributed by atoms with Crippen molar-refractivity contribution in [2.75, 3.05) is 13.8 Å². The van der Waals surface area contributed by atoms with E-state index in [1.165, 1.54) is 22.8 Å². The van der Waals surface area contributed by atoms with Gasteiger partial charge in [-0.15, -0.1) is 0 Å². The van der Waals surface area contributed by atoms with E-state index >= 15 is 0 Å². The van der Waals surface area contributed by atoms with Gasteiger partial charge in [0.05, 0.1) is 0 Å².